The molecule has 6 nitrogen and oxygen atoms in total. The van der Waals surface area contributed by atoms with E-state index < -0.39 is 16.0 Å². The Kier molecular flexibility index (Phi) is 6.17. The zero-order chi connectivity index (χ0) is 16.0. The zero-order valence-electron chi connectivity index (χ0n) is 12.5. The minimum Gasteiger partial charge on any atom is -0.481 e. The van der Waals surface area contributed by atoms with Gasteiger partial charge in [-0.1, -0.05) is 13.3 Å². The molecule has 1 rings (SSSR count). The molecule has 0 saturated carbocycles. The first-order valence-electron chi connectivity index (χ1n) is 6.75. The highest BCUT2D eigenvalue weighted by Gasteiger charge is 2.16. The number of sulfonamides is 1. The van der Waals surface area contributed by atoms with E-state index in [9.17, 15) is 13.2 Å². The summed E-state index contributed by atoms with van der Waals surface area (Å²) in [5.74, 6) is -0.760. The molecule has 1 atom stereocenters. The summed E-state index contributed by atoms with van der Waals surface area (Å²) in [6, 6.07) is 6.44. The number of hydrogen-bond acceptors (Lipinski definition) is 4. The monoisotopic (exact) mass is 314 g/mol. The maximum Gasteiger partial charge on any atom is 0.303 e. The van der Waals surface area contributed by atoms with Crippen LogP contribution in [0.25, 0.3) is 0 Å². The van der Waals surface area contributed by atoms with Gasteiger partial charge >= 0.3 is 5.97 Å². The van der Waals surface area contributed by atoms with Crippen LogP contribution in [0.5, 0.6) is 0 Å². The van der Waals surface area contributed by atoms with Gasteiger partial charge in [0.15, 0.2) is 0 Å². The number of benzene rings is 1. The number of carboxylic acids is 1. The summed E-state index contributed by atoms with van der Waals surface area (Å²) in [6.07, 6.45) is 0.892. The third-order valence-corrected chi connectivity index (χ3v) is 5.10. The molecule has 1 aromatic carbocycles. The molecule has 0 aliphatic rings. The summed E-state index contributed by atoms with van der Waals surface area (Å²) in [6.45, 7) is 2.49. The summed E-state index contributed by atoms with van der Waals surface area (Å²) in [5, 5.41) is 11.9. The molecule has 1 aromatic rings. The Bertz CT molecular complexity index is 567. The van der Waals surface area contributed by atoms with Gasteiger partial charge in [0.25, 0.3) is 0 Å². The Balaban J connectivity index is 2.69. The maximum absolute atomic E-state index is 11.9. The van der Waals surface area contributed by atoms with Crippen LogP contribution in [0.1, 0.15) is 19.8 Å². The molecule has 1 unspecified atom stereocenters. The number of hydrogen-bond donors (Lipinski definition) is 2. The molecular formula is C14H22N2O4S. The van der Waals surface area contributed by atoms with Crippen LogP contribution >= 0.6 is 0 Å². The molecule has 0 aliphatic heterocycles. The van der Waals surface area contributed by atoms with Crippen LogP contribution in [0.4, 0.5) is 5.69 Å². The normalized spacial score (nSPS) is 13.1. The van der Waals surface area contributed by atoms with Gasteiger partial charge in [0.1, 0.15) is 0 Å². The number of rotatable bonds is 8. The van der Waals surface area contributed by atoms with Gasteiger partial charge in [0.2, 0.25) is 10.0 Å². The van der Waals surface area contributed by atoms with Crippen molar-refractivity contribution in [2.45, 2.75) is 24.7 Å². The van der Waals surface area contributed by atoms with Crippen molar-refractivity contribution in [2.75, 3.05) is 26.0 Å². The number of nitrogens with one attached hydrogen (secondary N) is 1. The van der Waals surface area contributed by atoms with Gasteiger partial charge in [-0.25, -0.2) is 12.7 Å². The Hall–Kier alpha value is -1.60. The molecule has 118 valence electrons. The molecule has 0 saturated heterocycles. The Morgan fingerprint density at radius 3 is 2.29 bits per heavy atom. The summed E-state index contributed by atoms with van der Waals surface area (Å²) in [7, 11) is -0.447. The van der Waals surface area contributed by atoms with E-state index in [-0.39, 0.29) is 17.2 Å². The van der Waals surface area contributed by atoms with Crippen molar-refractivity contribution in [1.29, 1.82) is 0 Å². The second kappa shape index (κ2) is 7.42. The van der Waals surface area contributed by atoms with E-state index in [0.29, 0.717) is 6.54 Å². The Labute approximate surface area is 125 Å². The van der Waals surface area contributed by atoms with Gasteiger partial charge in [0.05, 0.1) is 4.90 Å². The van der Waals surface area contributed by atoms with E-state index in [0.717, 1.165) is 16.4 Å². The SMILES string of the molecule is CCC(CNc1ccc(S(=O)(=O)N(C)C)cc1)CC(=O)O. The average Bonchev–Trinajstić information content (AvgIpc) is 2.43. The lowest BCUT2D eigenvalue weighted by molar-refractivity contribution is -0.138. The summed E-state index contributed by atoms with van der Waals surface area (Å²) in [5.41, 5.74) is 0.775. The van der Waals surface area contributed by atoms with Crippen molar-refractivity contribution >= 4 is 21.7 Å². The summed E-state index contributed by atoms with van der Waals surface area (Å²) in [4.78, 5) is 10.9. The number of carboxylic acid groups (broad SMARTS) is 1. The lowest BCUT2D eigenvalue weighted by Gasteiger charge is -2.15. The highest BCUT2D eigenvalue weighted by atomic mass is 32.2. The predicted molar refractivity (Wildman–Crippen MR) is 81.8 cm³/mol. The van der Waals surface area contributed by atoms with Crippen molar-refractivity contribution in [3.8, 4) is 0 Å². The summed E-state index contributed by atoms with van der Waals surface area (Å²) < 4.78 is 25.0. The first kappa shape index (κ1) is 17.5. The van der Waals surface area contributed by atoms with Gasteiger partial charge in [-0.15, -0.1) is 0 Å². The Morgan fingerprint density at radius 2 is 1.86 bits per heavy atom. The third-order valence-electron chi connectivity index (χ3n) is 3.27. The fourth-order valence-corrected chi connectivity index (χ4v) is 2.73. The van der Waals surface area contributed by atoms with Crippen LogP contribution in [0.15, 0.2) is 29.2 Å². The van der Waals surface area contributed by atoms with Crippen molar-refractivity contribution in [1.82, 2.24) is 4.31 Å². The summed E-state index contributed by atoms with van der Waals surface area (Å²) >= 11 is 0. The molecule has 21 heavy (non-hydrogen) atoms. The highest BCUT2D eigenvalue weighted by Crippen LogP contribution is 2.17. The van der Waals surface area contributed by atoms with E-state index in [2.05, 4.69) is 5.32 Å². The number of carbonyl (C=O) groups is 1. The first-order valence-corrected chi connectivity index (χ1v) is 8.19. The smallest absolute Gasteiger partial charge is 0.303 e. The molecule has 0 spiro atoms. The first-order chi connectivity index (χ1) is 9.77. The average molecular weight is 314 g/mol. The van der Waals surface area contributed by atoms with Crippen molar-refractivity contribution in [3.05, 3.63) is 24.3 Å². The number of aliphatic carboxylic acids is 1. The zero-order valence-corrected chi connectivity index (χ0v) is 13.4. The fourth-order valence-electron chi connectivity index (χ4n) is 1.83. The van der Waals surface area contributed by atoms with E-state index >= 15 is 0 Å². The topological polar surface area (TPSA) is 86.7 Å². The lowest BCUT2D eigenvalue weighted by atomic mass is 10.0. The minimum absolute atomic E-state index is 0.0488. The van der Waals surface area contributed by atoms with Crippen molar-refractivity contribution in [2.24, 2.45) is 5.92 Å². The molecule has 0 amide bonds. The van der Waals surface area contributed by atoms with E-state index in [1.165, 1.54) is 26.2 Å². The van der Waals surface area contributed by atoms with Crippen molar-refractivity contribution in [3.63, 3.8) is 0 Å². The molecular weight excluding hydrogens is 292 g/mol. The van der Waals surface area contributed by atoms with Gasteiger partial charge in [-0.3, -0.25) is 4.79 Å². The molecule has 7 heteroatoms. The van der Waals surface area contributed by atoms with Crippen LogP contribution in [0, 0.1) is 5.92 Å². The molecule has 0 fully saturated rings. The second-order valence-corrected chi connectivity index (χ2v) is 7.22. The molecule has 0 aliphatic carbocycles. The third kappa shape index (κ3) is 5.02. The molecule has 0 aromatic heterocycles. The van der Waals surface area contributed by atoms with E-state index in [1.54, 1.807) is 12.1 Å². The largest absolute Gasteiger partial charge is 0.481 e. The quantitative estimate of drug-likeness (QED) is 0.764. The number of anilines is 1. The lowest BCUT2D eigenvalue weighted by Crippen LogP contribution is -2.22. The maximum atomic E-state index is 11.9. The standard InChI is InChI=1S/C14H22N2O4S/c1-4-11(9-14(17)18)10-15-12-5-7-13(8-6-12)21(19,20)16(2)3/h5-8,11,15H,4,9-10H2,1-3H3,(H,17,18). The molecule has 2 N–H and O–H groups in total. The molecule has 0 radical (unpaired) electrons. The van der Waals surface area contributed by atoms with Crippen LogP contribution < -0.4 is 5.32 Å². The van der Waals surface area contributed by atoms with Gasteiger partial charge in [-0.05, 0) is 30.2 Å². The Morgan fingerprint density at radius 1 is 1.29 bits per heavy atom. The fraction of sp³-hybridized carbons (Fsp3) is 0.500. The van der Waals surface area contributed by atoms with Gasteiger partial charge in [-0.2, -0.15) is 0 Å². The van der Waals surface area contributed by atoms with Crippen LogP contribution in [0.3, 0.4) is 0 Å². The van der Waals surface area contributed by atoms with E-state index in [1.807, 2.05) is 6.92 Å². The van der Waals surface area contributed by atoms with Gasteiger partial charge in [0, 0.05) is 32.7 Å². The molecule has 0 heterocycles. The van der Waals surface area contributed by atoms with Crippen LogP contribution in [-0.2, 0) is 14.8 Å². The molecule has 0 bridgehead atoms. The number of nitrogens with zero attached hydrogens (tertiary/aromatic N) is 1. The van der Waals surface area contributed by atoms with Crippen LogP contribution in [-0.4, -0.2) is 44.4 Å². The second-order valence-electron chi connectivity index (χ2n) is 5.06. The minimum atomic E-state index is -3.42. The van der Waals surface area contributed by atoms with Crippen LogP contribution in [0.2, 0.25) is 0 Å². The predicted octanol–water partition coefficient (Wildman–Crippen LogP) is 1.85. The van der Waals surface area contributed by atoms with Crippen molar-refractivity contribution < 1.29 is 18.3 Å². The van der Waals surface area contributed by atoms with Gasteiger partial charge < -0.3 is 10.4 Å². The highest BCUT2D eigenvalue weighted by molar-refractivity contribution is 7.89. The van der Waals surface area contributed by atoms with E-state index in [4.69, 9.17) is 5.11 Å².